The van der Waals surface area contributed by atoms with Crippen LogP contribution in [0.3, 0.4) is 0 Å². The molecule has 1 aromatic rings. The van der Waals surface area contributed by atoms with Crippen molar-refractivity contribution in [2.75, 3.05) is 12.3 Å². The maximum absolute atomic E-state index is 13.1. The molecule has 1 atom stereocenters. The second-order valence-corrected chi connectivity index (χ2v) is 4.29. The number of hydrogen-bond donors (Lipinski definition) is 3. The van der Waals surface area contributed by atoms with Crippen LogP contribution in [0.1, 0.15) is 23.2 Å². The Morgan fingerprint density at radius 1 is 1.50 bits per heavy atom. The average Bonchev–Trinajstić information content (AvgIpc) is 2.70. The summed E-state index contributed by atoms with van der Waals surface area (Å²) in [6.07, 6.45) is 1.18. The molecule has 1 heterocycles. The monoisotopic (exact) mass is 251 g/mol. The van der Waals surface area contributed by atoms with Crippen molar-refractivity contribution in [3.8, 4) is 0 Å². The number of carbonyl (C=O) groups excluding carboxylic acids is 2. The maximum atomic E-state index is 13.1. The molecule has 96 valence electrons. The first-order chi connectivity index (χ1) is 8.54. The van der Waals surface area contributed by atoms with Gasteiger partial charge in [0.25, 0.3) is 5.91 Å². The molecule has 0 radical (unpaired) electrons. The van der Waals surface area contributed by atoms with E-state index in [1.54, 1.807) is 0 Å². The van der Waals surface area contributed by atoms with Gasteiger partial charge in [0, 0.05) is 30.3 Å². The summed E-state index contributed by atoms with van der Waals surface area (Å²) >= 11 is 0. The van der Waals surface area contributed by atoms with Crippen LogP contribution < -0.4 is 16.4 Å². The van der Waals surface area contributed by atoms with E-state index < -0.39 is 11.7 Å². The Balaban J connectivity index is 1.93. The third kappa shape index (κ3) is 2.97. The standard InChI is InChI=1S/C12H14FN3O2/c13-8-3-7(4-9(14)5-8)12(18)15-6-10-1-2-11(17)16-10/h3-5,10H,1-2,6,14H2,(H,15,18)(H,16,17). The van der Waals surface area contributed by atoms with Gasteiger partial charge < -0.3 is 16.4 Å². The van der Waals surface area contributed by atoms with Crippen molar-refractivity contribution >= 4 is 17.5 Å². The highest BCUT2D eigenvalue weighted by Gasteiger charge is 2.21. The molecule has 18 heavy (non-hydrogen) atoms. The van der Waals surface area contributed by atoms with Crippen molar-refractivity contribution in [3.05, 3.63) is 29.6 Å². The van der Waals surface area contributed by atoms with Crippen molar-refractivity contribution in [1.29, 1.82) is 0 Å². The highest BCUT2D eigenvalue weighted by Crippen LogP contribution is 2.11. The quantitative estimate of drug-likeness (QED) is 0.680. The third-order valence-corrected chi connectivity index (χ3v) is 2.78. The number of benzene rings is 1. The van der Waals surface area contributed by atoms with Gasteiger partial charge in [0.05, 0.1) is 0 Å². The van der Waals surface area contributed by atoms with Crippen LogP contribution in [0.5, 0.6) is 0 Å². The molecule has 1 aliphatic heterocycles. The van der Waals surface area contributed by atoms with Gasteiger partial charge in [-0.2, -0.15) is 0 Å². The number of rotatable bonds is 3. The Bertz CT molecular complexity index is 470. The van der Waals surface area contributed by atoms with Gasteiger partial charge in [0.1, 0.15) is 5.82 Å². The summed E-state index contributed by atoms with van der Waals surface area (Å²) in [7, 11) is 0. The topological polar surface area (TPSA) is 84.2 Å². The maximum Gasteiger partial charge on any atom is 0.251 e. The molecule has 0 spiro atoms. The van der Waals surface area contributed by atoms with Gasteiger partial charge >= 0.3 is 0 Å². The zero-order chi connectivity index (χ0) is 13.1. The Labute approximate surface area is 104 Å². The number of nitrogens with two attached hydrogens (primary N) is 1. The Hall–Kier alpha value is -2.11. The second kappa shape index (κ2) is 5.03. The SMILES string of the molecule is Nc1cc(F)cc(C(=O)NCC2CCC(=O)N2)c1. The Morgan fingerprint density at radius 2 is 2.28 bits per heavy atom. The number of nitrogen functional groups attached to an aromatic ring is 1. The highest BCUT2D eigenvalue weighted by atomic mass is 19.1. The summed E-state index contributed by atoms with van der Waals surface area (Å²) in [5, 5.41) is 5.37. The van der Waals surface area contributed by atoms with Crippen molar-refractivity contribution in [2.45, 2.75) is 18.9 Å². The fraction of sp³-hybridized carbons (Fsp3) is 0.333. The van der Waals surface area contributed by atoms with Gasteiger partial charge in [-0.3, -0.25) is 9.59 Å². The summed E-state index contributed by atoms with van der Waals surface area (Å²) in [5.74, 6) is -0.957. The van der Waals surface area contributed by atoms with Gasteiger partial charge in [0.15, 0.2) is 0 Å². The zero-order valence-corrected chi connectivity index (χ0v) is 9.70. The van der Waals surface area contributed by atoms with E-state index in [1.165, 1.54) is 6.07 Å². The Morgan fingerprint density at radius 3 is 2.89 bits per heavy atom. The molecule has 1 saturated heterocycles. The average molecular weight is 251 g/mol. The number of nitrogens with one attached hydrogen (secondary N) is 2. The fourth-order valence-corrected chi connectivity index (χ4v) is 1.89. The molecule has 0 aromatic heterocycles. The van der Waals surface area contributed by atoms with Crippen molar-refractivity contribution in [1.82, 2.24) is 10.6 Å². The lowest BCUT2D eigenvalue weighted by Crippen LogP contribution is -2.38. The largest absolute Gasteiger partial charge is 0.399 e. The van der Waals surface area contributed by atoms with Crippen LogP contribution in [0.25, 0.3) is 0 Å². The number of amides is 2. The first-order valence-corrected chi connectivity index (χ1v) is 5.68. The van der Waals surface area contributed by atoms with E-state index in [9.17, 15) is 14.0 Å². The van der Waals surface area contributed by atoms with Crippen LogP contribution in [0.4, 0.5) is 10.1 Å². The van der Waals surface area contributed by atoms with E-state index in [2.05, 4.69) is 10.6 Å². The van der Waals surface area contributed by atoms with Gasteiger partial charge in [-0.05, 0) is 24.6 Å². The highest BCUT2D eigenvalue weighted by molar-refractivity contribution is 5.95. The number of halogens is 1. The predicted molar refractivity (Wildman–Crippen MR) is 64.3 cm³/mol. The molecule has 2 amide bonds. The van der Waals surface area contributed by atoms with Crippen LogP contribution >= 0.6 is 0 Å². The number of hydrogen-bond acceptors (Lipinski definition) is 3. The fourth-order valence-electron chi connectivity index (χ4n) is 1.89. The summed E-state index contributed by atoms with van der Waals surface area (Å²) < 4.78 is 13.1. The Kier molecular flexibility index (Phi) is 3.45. The van der Waals surface area contributed by atoms with Gasteiger partial charge in [-0.25, -0.2) is 4.39 Å². The molecule has 1 fully saturated rings. The molecule has 6 heteroatoms. The molecule has 0 saturated carbocycles. The lowest BCUT2D eigenvalue weighted by molar-refractivity contribution is -0.119. The number of anilines is 1. The van der Waals surface area contributed by atoms with Gasteiger partial charge in [-0.15, -0.1) is 0 Å². The van der Waals surface area contributed by atoms with E-state index in [0.29, 0.717) is 19.4 Å². The minimum atomic E-state index is -0.547. The van der Waals surface area contributed by atoms with Crippen LogP contribution in [0.15, 0.2) is 18.2 Å². The van der Waals surface area contributed by atoms with E-state index in [-0.39, 0.29) is 23.2 Å². The predicted octanol–water partition coefficient (Wildman–Crippen LogP) is 0.416. The van der Waals surface area contributed by atoms with E-state index >= 15 is 0 Å². The lowest BCUT2D eigenvalue weighted by Gasteiger charge is -2.11. The zero-order valence-electron chi connectivity index (χ0n) is 9.70. The number of carbonyl (C=O) groups is 2. The minimum Gasteiger partial charge on any atom is -0.399 e. The molecule has 1 aromatic carbocycles. The molecule has 0 bridgehead atoms. The van der Waals surface area contributed by atoms with E-state index in [1.807, 2.05) is 0 Å². The van der Waals surface area contributed by atoms with Crippen molar-refractivity contribution < 1.29 is 14.0 Å². The molecular formula is C12H14FN3O2. The van der Waals surface area contributed by atoms with E-state index in [4.69, 9.17) is 5.73 Å². The molecule has 1 unspecified atom stereocenters. The molecule has 0 aliphatic carbocycles. The molecule has 4 N–H and O–H groups in total. The third-order valence-electron chi connectivity index (χ3n) is 2.78. The second-order valence-electron chi connectivity index (χ2n) is 4.29. The normalized spacial score (nSPS) is 18.5. The minimum absolute atomic E-state index is 0.00995. The summed E-state index contributed by atoms with van der Waals surface area (Å²) in [6, 6.07) is 3.63. The first-order valence-electron chi connectivity index (χ1n) is 5.68. The van der Waals surface area contributed by atoms with Crippen LogP contribution in [0.2, 0.25) is 0 Å². The lowest BCUT2D eigenvalue weighted by atomic mass is 10.1. The molecule has 5 nitrogen and oxygen atoms in total. The molecular weight excluding hydrogens is 237 g/mol. The van der Waals surface area contributed by atoms with Crippen LogP contribution in [0, 0.1) is 5.82 Å². The molecule has 2 rings (SSSR count). The van der Waals surface area contributed by atoms with Gasteiger partial charge in [0.2, 0.25) is 5.91 Å². The van der Waals surface area contributed by atoms with Crippen molar-refractivity contribution in [2.24, 2.45) is 0 Å². The smallest absolute Gasteiger partial charge is 0.251 e. The molecule has 1 aliphatic rings. The summed E-state index contributed by atoms with van der Waals surface area (Å²) in [5.41, 5.74) is 5.84. The van der Waals surface area contributed by atoms with Crippen molar-refractivity contribution in [3.63, 3.8) is 0 Å². The van der Waals surface area contributed by atoms with Crippen LogP contribution in [-0.4, -0.2) is 24.4 Å². The summed E-state index contributed by atoms with van der Waals surface area (Å²) in [6.45, 7) is 0.334. The van der Waals surface area contributed by atoms with Crippen LogP contribution in [-0.2, 0) is 4.79 Å². The van der Waals surface area contributed by atoms with Gasteiger partial charge in [-0.1, -0.05) is 0 Å². The first kappa shape index (κ1) is 12.3. The van der Waals surface area contributed by atoms with E-state index in [0.717, 1.165) is 12.1 Å². The summed E-state index contributed by atoms with van der Waals surface area (Å²) in [4.78, 5) is 22.7.